The van der Waals surface area contributed by atoms with E-state index in [0.717, 1.165) is 11.3 Å². The molecule has 0 fully saturated rings. The molecular weight excluding hydrogens is 586 g/mol. The first kappa shape index (κ1) is 32.1. The highest BCUT2D eigenvalue weighted by molar-refractivity contribution is 7.18. The van der Waals surface area contributed by atoms with Crippen molar-refractivity contribution in [3.63, 3.8) is 0 Å². The van der Waals surface area contributed by atoms with E-state index in [-0.39, 0.29) is 36.8 Å². The summed E-state index contributed by atoms with van der Waals surface area (Å²) in [5, 5.41) is 32.9. The highest BCUT2D eigenvalue weighted by atomic mass is 32.1. The molecule has 2 amide bonds. The molecule has 228 valence electrons. The highest BCUT2D eigenvalue weighted by Gasteiger charge is 2.26. The number of aromatic nitrogens is 3. The lowest BCUT2D eigenvalue weighted by Crippen LogP contribution is -2.44. The number of nitrogens with one attached hydrogen (secondary N) is 3. The Morgan fingerprint density at radius 1 is 1.12 bits per heavy atom. The summed E-state index contributed by atoms with van der Waals surface area (Å²) < 4.78 is 1.65. The number of aliphatic carboxylic acids is 3. The Balaban J connectivity index is 1.68. The molecule has 0 saturated heterocycles. The van der Waals surface area contributed by atoms with Crippen LogP contribution in [0.5, 0.6) is 0 Å². The fraction of sp³-hybridized carbons (Fsp3) is 0.346. The summed E-state index contributed by atoms with van der Waals surface area (Å²) >= 11 is 1.03. The van der Waals surface area contributed by atoms with E-state index in [2.05, 4.69) is 26.5 Å². The number of aryl methyl sites for hydroxylation is 1. The minimum atomic E-state index is -1.48. The first-order valence-electron chi connectivity index (χ1n) is 12.7. The van der Waals surface area contributed by atoms with Crippen LogP contribution in [0.4, 0.5) is 10.9 Å². The third kappa shape index (κ3) is 8.33. The molecule has 0 saturated carbocycles. The number of aromatic amines is 1. The van der Waals surface area contributed by atoms with E-state index in [1.165, 1.54) is 6.07 Å². The summed E-state index contributed by atoms with van der Waals surface area (Å²) in [6, 6.07) is 0.158. The number of fused-ring (bicyclic) bond motifs is 1. The maximum Gasteiger partial charge on any atom is 0.326 e. The van der Waals surface area contributed by atoms with E-state index in [1.54, 1.807) is 28.8 Å². The van der Waals surface area contributed by atoms with Gasteiger partial charge in [-0.25, -0.2) is 9.59 Å². The molecule has 0 aliphatic heterocycles. The number of nitrogens with two attached hydrogens (primary N) is 1. The summed E-state index contributed by atoms with van der Waals surface area (Å²) in [5.74, 6) is -3.11. The van der Waals surface area contributed by atoms with Crippen LogP contribution in [0.1, 0.15) is 40.9 Å². The Hall–Kier alpha value is -5.37. The van der Waals surface area contributed by atoms with Crippen LogP contribution in [0.25, 0.3) is 11.0 Å². The van der Waals surface area contributed by atoms with Crippen LogP contribution in [0.3, 0.4) is 0 Å². The van der Waals surface area contributed by atoms with Crippen molar-refractivity contribution in [3.05, 3.63) is 39.1 Å². The Kier molecular flexibility index (Phi) is 10.5. The number of hydrogen-bond donors (Lipinski definition) is 7. The van der Waals surface area contributed by atoms with Crippen LogP contribution in [-0.4, -0.2) is 78.2 Å². The fourth-order valence-electron chi connectivity index (χ4n) is 4.20. The zero-order chi connectivity index (χ0) is 31.8. The molecule has 0 spiro atoms. The summed E-state index contributed by atoms with van der Waals surface area (Å²) in [5.41, 5.74) is 6.24. The molecule has 0 aliphatic carbocycles. The molecule has 17 heteroatoms. The largest absolute Gasteiger partial charge is 0.481 e. The molecule has 3 aromatic heterocycles. The smallest absolute Gasteiger partial charge is 0.326 e. The first-order chi connectivity index (χ1) is 20.3. The number of rotatable bonds is 15. The van der Waals surface area contributed by atoms with Crippen LogP contribution in [0.2, 0.25) is 0 Å². The van der Waals surface area contributed by atoms with Crippen molar-refractivity contribution in [1.82, 2.24) is 25.2 Å². The minimum Gasteiger partial charge on any atom is -0.481 e. The number of carbonyl (C=O) groups excluding carboxylic acids is 2. The second kappa shape index (κ2) is 14.0. The molecule has 16 nitrogen and oxygen atoms in total. The van der Waals surface area contributed by atoms with Gasteiger partial charge in [-0.15, -0.1) is 17.8 Å². The molecule has 0 radical (unpaired) electrons. The molecule has 0 aliphatic rings. The number of nitrogen functional groups attached to an aromatic ring is 1. The number of carbonyl (C=O) groups is 5. The fourth-order valence-corrected chi connectivity index (χ4v) is 5.11. The maximum atomic E-state index is 12.9. The van der Waals surface area contributed by atoms with Gasteiger partial charge in [0, 0.05) is 38.2 Å². The van der Waals surface area contributed by atoms with Gasteiger partial charge in [0.05, 0.1) is 21.8 Å². The van der Waals surface area contributed by atoms with E-state index in [9.17, 15) is 39.0 Å². The molecule has 2 atom stereocenters. The van der Waals surface area contributed by atoms with Crippen LogP contribution >= 0.6 is 11.3 Å². The predicted octanol–water partition coefficient (Wildman–Crippen LogP) is -0.0575. The first-order valence-corrected chi connectivity index (χ1v) is 13.5. The van der Waals surface area contributed by atoms with Crippen molar-refractivity contribution in [2.45, 2.75) is 44.3 Å². The lowest BCUT2D eigenvalue weighted by Gasteiger charge is -2.20. The molecule has 8 N–H and O–H groups in total. The normalized spacial score (nSPS) is 12.2. The van der Waals surface area contributed by atoms with E-state index in [1.807, 2.05) is 0 Å². The number of thiophene rings is 1. The molecule has 3 rings (SSSR count). The second-order valence-corrected chi connectivity index (χ2v) is 10.5. The maximum absolute atomic E-state index is 12.9. The molecule has 3 aromatic rings. The summed E-state index contributed by atoms with van der Waals surface area (Å²) in [6.07, 6.45) is 5.65. The topological polar surface area (TPSA) is 250 Å². The van der Waals surface area contributed by atoms with Crippen LogP contribution in [0, 0.1) is 12.3 Å². The van der Waals surface area contributed by atoms with E-state index >= 15 is 0 Å². The molecule has 0 aromatic carbocycles. The highest BCUT2D eigenvalue weighted by Crippen LogP contribution is 2.29. The number of hydrogen-bond acceptors (Lipinski definition) is 10. The molecule has 3 heterocycles. The third-order valence-electron chi connectivity index (χ3n) is 6.24. The van der Waals surface area contributed by atoms with Crippen molar-refractivity contribution in [2.75, 3.05) is 17.2 Å². The van der Waals surface area contributed by atoms with Gasteiger partial charge < -0.3 is 41.2 Å². The molecule has 0 unspecified atom stereocenters. The van der Waals surface area contributed by atoms with Crippen molar-refractivity contribution in [2.24, 2.45) is 7.05 Å². The SMILES string of the molecule is C#CCN(Cc1cn(C)c2nc(N)[nH]c(=O)c12)c1ccc(C(=O)N[C@@H](CCC(=O)N[C@@H](CCC(=O)O)C(=O)O)C(=O)O)s1. The molecular formula is C26H29N7O9S. The van der Waals surface area contributed by atoms with Gasteiger partial charge in [-0.1, -0.05) is 5.92 Å². The second-order valence-electron chi connectivity index (χ2n) is 9.41. The number of amides is 2. The van der Waals surface area contributed by atoms with Gasteiger partial charge in [0.1, 0.15) is 17.7 Å². The standard InChI is InChI=1S/C26H29N7O9S/c1-3-10-33(12-13-11-32(2)21-20(13)23(38)31-26(27)30-21)18-8-6-16(43-18)22(37)29-15(25(41)42)4-7-17(34)28-14(24(39)40)5-9-19(35)36/h1,6,8,11,14-15H,4-5,7,9-10,12H2,2H3,(H,28,34)(H,29,37)(H,35,36)(H,39,40)(H,41,42)(H3,27,30,31,38)/t14-,15-/m0/s1. The van der Waals surface area contributed by atoms with Gasteiger partial charge in [0.2, 0.25) is 11.9 Å². The van der Waals surface area contributed by atoms with Gasteiger partial charge in [-0.3, -0.25) is 24.2 Å². The average molecular weight is 616 g/mol. The zero-order valence-corrected chi connectivity index (χ0v) is 23.6. The predicted molar refractivity (Wildman–Crippen MR) is 155 cm³/mol. The quantitative estimate of drug-likeness (QED) is 0.111. The van der Waals surface area contributed by atoms with Crippen molar-refractivity contribution in [1.29, 1.82) is 0 Å². The van der Waals surface area contributed by atoms with Crippen molar-refractivity contribution < 1.29 is 39.3 Å². The molecule has 43 heavy (non-hydrogen) atoms. The number of carboxylic acids is 3. The van der Waals surface area contributed by atoms with E-state index in [0.29, 0.717) is 21.6 Å². The third-order valence-corrected chi connectivity index (χ3v) is 7.38. The Morgan fingerprint density at radius 2 is 1.77 bits per heavy atom. The molecule has 0 bridgehead atoms. The van der Waals surface area contributed by atoms with E-state index < -0.39 is 60.2 Å². The summed E-state index contributed by atoms with van der Waals surface area (Å²) in [4.78, 5) is 80.0. The lowest BCUT2D eigenvalue weighted by atomic mass is 10.1. The number of nitrogens with zero attached hydrogens (tertiary/aromatic N) is 3. The number of carboxylic acid groups (broad SMARTS) is 3. The van der Waals surface area contributed by atoms with Crippen LogP contribution < -0.4 is 26.8 Å². The van der Waals surface area contributed by atoms with Gasteiger partial charge in [-0.2, -0.15) is 4.98 Å². The van der Waals surface area contributed by atoms with Crippen molar-refractivity contribution >= 4 is 63.0 Å². The number of H-pyrrole nitrogens is 1. The van der Waals surface area contributed by atoms with Gasteiger partial charge in [0.15, 0.2) is 0 Å². The van der Waals surface area contributed by atoms with Crippen molar-refractivity contribution in [3.8, 4) is 12.3 Å². The monoisotopic (exact) mass is 615 g/mol. The summed E-state index contributed by atoms with van der Waals surface area (Å²) in [6.45, 7) is 0.309. The average Bonchev–Trinajstić information content (AvgIpc) is 3.53. The minimum absolute atomic E-state index is 0.0277. The van der Waals surface area contributed by atoms with Gasteiger partial charge in [0.25, 0.3) is 11.5 Å². The zero-order valence-electron chi connectivity index (χ0n) is 22.8. The van der Waals surface area contributed by atoms with Crippen LogP contribution in [-0.2, 0) is 32.8 Å². The lowest BCUT2D eigenvalue weighted by molar-refractivity contribution is -0.143. The summed E-state index contributed by atoms with van der Waals surface area (Å²) in [7, 11) is 1.71. The van der Waals surface area contributed by atoms with Gasteiger partial charge in [-0.05, 0) is 25.0 Å². The van der Waals surface area contributed by atoms with Gasteiger partial charge >= 0.3 is 17.9 Å². The Labute approximate surface area is 247 Å². The number of anilines is 2. The Bertz CT molecular complexity index is 1650. The van der Waals surface area contributed by atoms with E-state index in [4.69, 9.17) is 17.3 Å². The number of terminal acetylenes is 1. The van der Waals surface area contributed by atoms with Crippen LogP contribution in [0.15, 0.2) is 23.1 Å². The Morgan fingerprint density at radius 3 is 2.40 bits per heavy atom.